The number of aromatic nitrogens is 2. The van der Waals surface area contributed by atoms with E-state index in [-0.39, 0.29) is 21.1 Å². The fourth-order valence-corrected chi connectivity index (χ4v) is 1.84. The van der Waals surface area contributed by atoms with Gasteiger partial charge in [-0.3, -0.25) is 14.9 Å². The van der Waals surface area contributed by atoms with Gasteiger partial charge in [0.05, 0.1) is 15.5 Å². The number of benzene rings is 1. The van der Waals surface area contributed by atoms with Crippen molar-refractivity contribution < 1.29 is 4.92 Å². The van der Waals surface area contributed by atoms with Crippen molar-refractivity contribution in [1.82, 2.24) is 9.97 Å². The number of H-pyrrole nitrogens is 1. The smallest absolute Gasteiger partial charge is 0.316 e. The quantitative estimate of drug-likeness (QED) is 0.647. The number of rotatable bonds is 1. The molecule has 0 bridgehead atoms. The topological polar surface area (TPSA) is 88.9 Å². The van der Waals surface area contributed by atoms with Crippen molar-refractivity contribution in [3.8, 4) is 0 Å². The van der Waals surface area contributed by atoms with E-state index in [1.165, 1.54) is 6.07 Å². The maximum Gasteiger partial charge on any atom is 0.316 e. The summed E-state index contributed by atoms with van der Waals surface area (Å²) in [5.74, 6) is 0. The summed E-state index contributed by atoms with van der Waals surface area (Å²) in [6, 6.07) is 1.27. The summed E-state index contributed by atoms with van der Waals surface area (Å²) in [7, 11) is 0. The molecule has 0 aliphatic carbocycles. The Kier molecular flexibility index (Phi) is 2.94. The Balaban J connectivity index is 3.03. The van der Waals surface area contributed by atoms with Crippen molar-refractivity contribution >= 4 is 51.5 Å². The minimum atomic E-state index is -0.738. The molecule has 0 radical (unpaired) electrons. The lowest BCUT2D eigenvalue weighted by Crippen LogP contribution is -2.09. The normalized spacial score (nSPS) is 10.8. The Bertz CT molecular complexity index is 698. The Labute approximate surface area is 108 Å². The van der Waals surface area contributed by atoms with Crippen LogP contribution in [-0.2, 0) is 0 Å². The van der Waals surface area contributed by atoms with Crippen LogP contribution in [0.1, 0.15) is 0 Å². The average Bonchev–Trinajstić information content (AvgIpc) is 2.23. The standard InChI is InChI=1S/C8H2Cl3N3O3/c9-2-1-3-5(6(4(2)10)14(16)17)13-7(11)8(15)12-3/h1H,(H,12,15). The van der Waals surface area contributed by atoms with E-state index in [2.05, 4.69) is 9.97 Å². The molecule has 0 saturated heterocycles. The second-order valence-electron chi connectivity index (χ2n) is 3.03. The molecular formula is C8H2Cl3N3O3. The summed E-state index contributed by atoms with van der Waals surface area (Å²) in [5, 5.41) is 10.2. The van der Waals surface area contributed by atoms with E-state index < -0.39 is 21.3 Å². The number of hydrogen-bond donors (Lipinski definition) is 1. The van der Waals surface area contributed by atoms with Gasteiger partial charge in [-0.15, -0.1) is 0 Å². The van der Waals surface area contributed by atoms with Gasteiger partial charge in [-0.05, 0) is 6.07 Å². The molecule has 17 heavy (non-hydrogen) atoms. The molecule has 0 spiro atoms. The highest BCUT2D eigenvalue weighted by Crippen LogP contribution is 2.36. The van der Waals surface area contributed by atoms with Gasteiger partial charge < -0.3 is 4.98 Å². The van der Waals surface area contributed by atoms with Gasteiger partial charge in [0, 0.05) is 0 Å². The van der Waals surface area contributed by atoms with Crippen LogP contribution in [0.2, 0.25) is 15.2 Å². The van der Waals surface area contributed by atoms with Crippen molar-refractivity contribution in [2.45, 2.75) is 0 Å². The summed E-state index contributed by atoms with van der Waals surface area (Å²) in [6.45, 7) is 0. The summed E-state index contributed by atoms with van der Waals surface area (Å²) >= 11 is 16.9. The third-order valence-electron chi connectivity index (χ3n) is 2.00. The molecule has 1 aromatic heterocycles. The second-order valence-corrected chi connectivity index (χ2v) is 4.17. The second kappa shape index (κ2) is 4.14. The number of nitrogens with zero attached hydrogens (tertiary/aromatic N) is 2. The van der Waals surface area contributed by atoms with E-state index in [9.17, 15) is 14.9 Å². The van der Waals surface area contributed by atoms with Crippen LogP contribution < -0.4 is 5.56 Å². The Morgan fingerprint density at radius 1 is 1.35 bits per heavy atom. The molecule has 0 aliphatic rings. The van der Waals surface area contributed by atoms with E-state index in [0.717, 1.165) is 0 Å². The van der Waals surface area contributed by atoms with Crippen molar-refractivity contribution in [3.05, 3.63) is 41.7 Å². The largest absolute Gasteiger partial charge is 0.318 e. The predicted octanol–water partition coefficient (Wildman–Crippen LogP) is 2.79. The van der Waals surface area contributed by atoms with Gasteiger partial charge in [0.1, 0.15) is 5.02 Å². The van der Waals surface area contributed by atoms with Crippen molar-refractivity contribution in [3.63, 3.8) is 0 Å². The zero-order chi connectivity index (χ0) is 12.7. The molecule has 2 rings (SSSR count). The molecule has 0 aliphatic heterocycles. The first kappa shape index (κ1) is 12.1. The molecule has 6 nitrogen and oxygen atoms in total. The van der Waals surface area contributed by atoms with Gasteiger partial charge in [0.15, 0.2) is 10.7 Å². The molecule has 0 amide bonds. The lowest BCUT2D eigenvalue weighted by atomic mass is 10.2. The summed E-state index contributed by atoms with van der Waals surface area (Å²) < 4.78 is 0. The lowest BCUT2D eigenvalue weighted by molar-refractivity contribution is -0.383. The van der Waals surface area contributed by atoms with Crippen LogP contribution in [0.4, 0.5) is 5.69 Å². The third kappa shape index (κ3) is 1.95. The highest BCUT2D eigenvalue weighted by molar-refractivity contribution is 6.44. The first-order valence-electron chi connectivity index (χ1n) is 4.13. The van der Waals surface area contributed by atoms with E-state index in [1.54, 1.807) is 0 Å². The maximum absolute atomic E-state index is 11.2. The first-order chi connectivity index (χ1) is 7.91. The SMILES string of the molecule is O=c1[nH]c2cc(Cl)c(Cl)c([N+](=O)[O-])c2nc1Cl. The number of nitrogens with one attached hydrogen (secondary N) is 1. The van der Waals surface area contributed by atoms with Crippen LogP contribution in [0.15, 0.2) is 10.9 Å². The summed E-state index contributed by atoms with van der Waals surface area (Å²) in [4.78, 5) is 27.3. The van der Waals surface area contributed by atoms with Crippen LogP contribution in [-0.4, -0.2) is 14.9 Å². The van der Waals surface area contributed by atoms with E-state index >= 15 is 0 Å². The highest BCUT2D eigenvalue weighted by Gasteiger charge is 2.23. The van der Waals surface area contributed by atoms with Gasteiger partial charge >= 0.3 is 5.69 Å². The first-order valence-corrected chi connectivity index (χ1v) is 5.27. The van der Waals surface area contributed by atoms with Crippen LogP contribution in [0.3, 0.4) is 0 Å². The summed E-state index contributed by atoms with van der Waals surface area (Å²) in [6.07, 6.45) is 0. The number of nitro groups is 1. The molecule has 0 saturated carbocycles. The van der Waals surface area contributed by atoms with Crippen molar-refractivity contribution in [1.29, 1.82) is 0 Å². The summed E-state index contributed by atoms with van der Waals surface area (Å²) in [5.41, 5.74) is -1.17. The van der Waals surface area contributed by atoms with Gasteiger partial charge in [-0.25, -0.2) is 4.98 Å². The third-order valence-corrected chi connectivity index (χ3v) is 3.03. The van der Waals surface area contributed by atoms with Crippen LogP contribution in [0.5, 0.6) is 0 Å². The highest BCUT2D eigenvalue weighted by atomic mass is 35.5. The van der Waals surface area contributed by atoms with Crippen LogP contribution in [0.25, 0.3) is 11.0 Å². The zero-order valence-electron chi connectivity index (χ0n) is 7.83. The zero-order valence-corrected chi connectivity index (χ0v) is 10.1. The number of nitro benzene ring substituents is 1. The van der Waals surface area contributed by atoms with Gasteiger partial charge in [0.25, 0.3) is 5.56 Å². The van der Waals surface area contributed by atoms with E-state index in [0.29, 0.717) is 0 Å². The molecule has 1 aromatic carbocycles. The van der Waals surface area contributed by atoms with Crippen molar-refractivity contribution in [2.75, 3.05) is 0 Å². The number of halogens is 3. The Morgan fingerprint density at radius 2 is 2.00 bits per heavy atom. The van der Waals surface area contributed by atoms with Gasteiger partial charge in [-0.2, -0.15) is 0 Å². The molecule has 0 fully saturated rings. The number of aromatic amines is 1. The molecule has 88 valence electrons. The lowest BCUT2D eigenvalue weighted by Gasteiger charge is -2.02. The average molecular weight is 294 g/mol. The van der Waals surface area contributed by atoms with Gasteiger partial charge in [0.2, 0.25) is 0 Å². The van der Waals surface area contributed by atoms with Crippen LogP contribution in [0, 0.1) is 10.1 Å². The van der Waals surface area contributed by atoms with E-state index in [4.69, 9.17) is 34.8 Å². The Hall–Kier alpha value is -1.37. The molecule has 1 heterocycles. The molecule has 1 N–H and O–H groups in total. The van der Waals surface area contributed by atoms with E-state index in [1.807, 2.05) is 0 Å². The monoisotopic (exact) mass is 293 g/mol. The minimum absolute atomic E-state index is 0.0503. The molecule has 2 aromatic rings. The maximum atomic E-state index is 11.2. The van der Waals surface area contributed by atoms with Crippen LogP contribution >= 0.6 is 34.8 Å². The van der Waals surface area contributed by atoms with Crippen molar-refractivity contribution in [2.24, 2.45) is 0 Å². The van der Waals surface area contributed by atoms with Gasteiger partial charge in [-0.1, -0.05) is 34.8 Å². The number of fused-ring (bicyclic) bond motifs is 1. The molecule has 0 unspecified atom stereocenters. The Morgan fingerprint density at radius 3 is 2.59 bits per heavy atom. The predicted molar refractivity (Wildman–Crippen MR) is 64.0 cm³/mol. The minimum Gasteiger partial charge on any atom is -0.318 e. The number of hydrogen-bond acceptors (Lipinski definition) is 4. The fourth-order valence-electron chi connectivity index (χ4n) is 1.30. The molecular weight excluding hydrogens is 292 g/mol. The molecule has 0 atom stereocenters. The fraction of sp³-hybridized carbons (Fsp3) is 0. The molecule has 9 heteroatoms.